The summed E-state index contributed by atoms with van der Waals surface area (Å²) in [5.41, 5.74) is 2.28. The smallest absolute Gasteiger partial charge is 0.298 e. The van der Waals surface area contributed by atoms with Crippen LogP contribution in [0.1, 0.15) is 26.3 Å². The van der Waals surface area contributed by atoms with Crippen molar-refractivity contribution in [1.82, 2.24) is 24.5 Å². The quantitative estimate of drug-likeness (QED) is 0.255. The van der Waals surface area contributed by atoms with E-state index in [1.54, 1.807) is 6.08 Å². The molecule has 0 saturated carbocycles. The van der Waals surface area contributed by atoms with E-state index in [0.29, 0.717) is 17.6 Å². The van der Waals surface area contributed by atoms with Gasteiger partial charge in [-0.15, -0.1) is 16.8 Å². The molecule has 3 aromatic rings. The standard InChI is InChI=1S/C19H22N6O2S/c1-5-10-24-17(14-6-8-15(9-7-14)19(2,3)4)21-22-18(24)28-13-23-12-16(11-20-23)25(26)27/h5-9,11-12H,1,10,13H2,2-4H3. The number of hydrogen-bond acceptors (Lipinski definition) is 6. The minimum absolute atomic E-state index is 0.0345. The van der Waals surface area contributed by atoms with Crippen LogP contribution < -0.4 is 0 Å². The predicted octanol–water partition coefficient (Wildman–Crippen LogP) is 4.28. The Morgan fingerprint density at radius 1 is 1.25 bits per heavy atom. The first-order valence-electron chi connectivity index (χ1n) is 8.74. The van der Waals surface area contributed by atoms with Crippen molar-refractivity contribution in [2.45, 2.75) is 43.8 Å². The monoisotopic (exact) mass is 398 g/mol. The van der Waals surface area contributed by atoms with Crippen molar-refractivity contribution in [3.05, 3.63) is 65.0 Å². The first-order chi connectivity index (χ1) is 13.3. The third-order valence-electron chi connectivity index (χ3n) is 4.19. The second-order valence-electron chi connectivity index (χ2n) is 7.30. The van der Waals surface area contributed by atoms with Gasteiger partial charge in [0.25, 0.3) is 0 Å². The third kappa shape index (κ3) is 4.30. The molecule has 0 fully saturated rings. The molecule has 0 N–H and O–H groups in total. The Bertz CT molecular complexity index is 985. The SMILES string of the molecule is C=CCn1c(SCn2cc([N+](=O)[O-])cn2)nnc1-c1ccc(C(C)(C)C)cc1. The zero-order valence-electron chi connectivity index (χ0n) is 16.1. The molecule has 28 heavy (non-hydrogen) atoms. The summed E-state index contributed by atoms with van der Waals surface area (Å²) in [6, 6.07) is 8.32. The molecule has 146 valence electrons. The molecule has 0 radical (unpaired) electrons. The van der Waals surface area contributed by atoms with Crippen LogP contribution in [0.5, 0.6) is 0 Å². The Morgan fingerprint density at radius 2 is 1.96 bits per heavy atom. The molecule has 0 amide bonds. The number of thioether (sulfide) groups is 1. The zero-order valence-corrected chi connectivity index (χ0v) is 16.9. The highest BCUT2D eigenvalue weighted by molar-refractivity contribution is 7.98. The molecule has 0 aliphatic rings. The number of rotatable bonds is 7. The molecule has 0 aliphatic heterocycles. The number of hydrogen-bond donors (Lipinski definition) is 0. The first-order valence-corrected chi connectivity index (χ1v) is 9.73. The van der Waals surface area contributed by atoms with E-state index in [2.05, 4.69) is 66.9 Å². The summed E-state index contributed by atoms with van der Waals surface area (Å²) >= 11 is 1.41. The molecule has 0 saturated heterocycles. The van der Waals surface area contributed by atoms with Crippen molar-refractivity contribution in [3.63, 3.8) is 0 Å². The van der Waals surface area contributed by atoms with Crippen molar-refractivity contribution in [2.24, 2.45) is 0 Å². The molecular weight excluding hydrogens is 376 g/mol. The Morgan fingerprint density at radius 3 is 2.54 bits per heavy atom. The Kier molecular flexibility index (Phi) is 5.64. The van der Waals surface area contributed by atoms with Crippen molar-refractivity contribution in [1.29, 1.82) is 0 Å². The molecule has 8 nitrogen and oxygen atoms in total. The van der Waals surface area contributed by atoms with Gasteiger partial charge in [0, 0.05) is 12.1 Å². The van der Waals surface area contributed by atoms with Crippen LogP contribution in [-0.4, -0.2) is 29.5 Å². The molecule has 2 aromatic heterocycles. The minimum Gasteiger partial charge on any atom is -0.298 e. The summed E-state index contributed by atoms with van der Waals surface area (Å²) in [5, 5.41) is 24.1. The van der Waals surface area contributed by atoms with Crippen LogP contribution in [0.2, 0.25) is 0 Å². The van der Waals surface area contributed by atoms with E-state index in [-0.39, 0.29) is 11.1 Å². The topological polar surface area (TPSA) is 91.7 Å². The highest BCUT2D eigenvalue weighted by Gasteiger charge is 2.17. The number of allylic oxidation sites excluding steroid dienone is 1. The van der Waals surface area contributed by atoms with Gasteiger partial charge in [0.15, 0.2) is 11.0 Å². The van der Waals surface area contributed by atoms with Crippen LogP contribution in [0.3, 0.4) is 0 Å². The van der Waals surface area contributed by atoms with Crippen LogP contribution in [0.25, 0.3) is 11.4 Å². The summed E-state index contributed by atoms with van der Waals surface area (Å²) in [5.74, 6) is 1.15. The van der Waals surface area contributed by atoms with Gasteiger partial charge < -0.3 is 0 Å². The fourth-order valence-electron chi connectivity index (χ4n) is 2.66. The fraction of sp³-hybridized carbons (Fsp3) is 0.316. The van der Waals surface area contributed by atoms with Gasteiger partial charge in [-0.05, 0) is 11.0 Å². The van der Waals surface area contributed by atoms with Crippen LogP contribution >= 0.6 is 11.8 Å². The van der Waals surface area contributed by atoms with Gasteiger partial charge in [0.05, 0.1) is 10.8 Å². The zero-order chi connectivity index (χ0) is 20.3. The van der Waals surface area contributed by atoms with Crippen molar-refractivity contribution in [3.8, 4) is 11.4 Å². The first kappa shape index (κ1) is 19.8. The van der Waals surface area contributed by atoms with Crippen LogP contribution in [0.15, 0.2) is 54.5 Å². The van der Waals surface area contributed by atoms with Crippen LogP contribution in [0, 0.1) is 10.1 Å². The molecular formula is C19H22N6O2S. The minimum atomic E-state index is -0.465. The van der Waals surface area contributed by atoms with E-state index < -0.39 is 4.92 Å². The van der Waals surface area contributed by atoms with E-state index in [1.165, 1.54) is 34.4 Å². The highest BCUT2D eigenvalue weighted by atomic mass is 32.2. The lowest BCUT2D eigenvalue weighted by atomic mass is 9.87. The molecule has 2 heterocycles. The van der Waals surface area contributed by atoms with Gasteiger partial charge in [-0.1, -0.05) is 62.9 Å². The second kappa shape index (κ2) is 7.97. The highest BCUT2D eigenvalue weighted by Crippen LogP contribution is 2.28. The average molecular weight is 398 g/mol. The van der Waals surface area contributed by atoms with Crippen molar-refractivity contribution in [2.75, 3.05) is 0 Å². The van der Waals surface area contributed by atoms with E-state index in [0.717, 1.165) is 11.4 Å². The molecule has 0 spiro atoms. The molecule has 0 atom stereocenters. The molecule has 0 bridgehead atoms. The largest absolute Gasteiger partial charge is 0.307 e. The van der Waals surface area contributed by atoms with Gasteiger partial charge in [-0.25, -0.2) is 0 Å². The predicted molar refractivity (Wildman–Crippen MR) is 109 cm³/mol. The normalized spacial score (nSPS) is 11.5. The number of nitro groups is 1. The van der Waals surface area contributed by atoms with Gasteiger partial charge in [0.2, 0.25) is 0 Å². The van der Waals surface area contributed by atoms with E-state index in [1.807, 2.05) is 4.57 Å². The maximum atomic E-state index is 10.8. The van der Waals surface area contributed by atoms with Gasteiger partial charge in [0.1, 0.15) is 12.4 Å². The molecule has 9 heteroatoms. The third-order valence-corrected chi connectivity index (χ3v) is 5.15. The average Bonchev–Trinajstić information content (AvgIpc) is 3.27. The summed E-state index contributed by atoms with van der Waals surface area (Å²) in [4.78, 5) is 10.3. The summed E-state index contributed by atoms with van der Waals surface area (Å²) in [6.45, 7) is 10.9. The molecule has 3 rings (SSSR count). The number of benzene rings is 1. The van der Waals surface area contributed by atoms with Crippen LogP contribution in [0.4, 0.5) is 5.69 Å². The Labute approximate surface area is 167 Å². The lowest BCUT2D eigenvalue weighted by Gasteiger charge is -2.19. The maximum absolute atomic E-state index is 10.8. The van der Waals surface area contributed by atoms with Gasteiger partial charge in [-0.3, -0.25) is 19.4 Å². The second-order valence-corrected chi connectivity index (χ2v) is 8.21. The number of aromatic nitrogens is 5. The van der Waals surface area contributed by atoms with Gasteiger partial charge in [-0.2, -0.15) is 5.10 Å². The summed E-state index contributed by atoms with van der Waals surface area (Å²) < 4.78 is 3.48. The van der Waals surface area contributed by atoms with Crippen LogP contribution in [-0.2, 0) is 17.8 Å². The lowest BCUT2D eigenvalue weighted by Crippen LogP contribution is -2.10. The Hall–Kier alpha value is -2.94. The number of nitrogens with zero attached hydrogens (tertiary/aromatic N) is 6. The summed E-state index contributed by atoms with van der Waals surface area (Å²) in [7, 11) is 0. The van der Waals surface area contributed by atoms with Crippen molar-refractivity contribution < 1.29 is 4.92 Å². The van der Waals surface area contributed by atoms with Gasteiger partial charge >= 0.3 is 5.69 Å². The maximum Gasteiger partial charge on any atom is 0.307 e. The van der Waals surface area contributed by atoms with E-state index in [4.69, 9.17) is 0 Å². The summed E-state index contributed by atoms with van der Waals surface area (Å²) in [6.07, 6.45) is 4.42. The van der Waals surface area contributed by atoms with Crippen molar-refractivity contribution >= 4 is 17.4 Å². The molecule has 1 aromatic carbocycles. The fourth-order valence-corrected chi connectivity index (χ4v) is 3.47. The molecule has 0 unspecified atom stereocenters. The Balaban J connectivity index is 1.82. The lowest BCUT2D eigenvalue weighted by molar-refractivity contribution is -0.385. The van der Waals surface area contributed by atoms with E-state index in [9.17, 15) is 10.1 Å². The molecule has 0 aliphatic carbocycles. The van der Waals surface area contributed by atoms with E-state index >= 15 is 0 Å².